The lowest BCUT2D eigenvalue weighted by molar-refractivity contribution is -0.141. The average Bonchev–Trinajstić information content (AvgIpc) is 2.44. The maximum atomic E-state index is 13.7. The summed E-state index contributed by atoms with van der Waals surface area (Å²) in [7, 11) is 0. The molecule has 0 fully saturated rings. The average molecular weight is 392 g/mol. The standard InChI is InChI=1S/C14H10BrF4N3O/c1-7-4-10(16)11(6-9(7)15)22-13(23)21-8-2-3-20-12(5-8)14(17,18)19/h2-6H,1H3,(H2,20,21,22,23). The third-order valence-electron chi connectivity index (χ3n) is 2.80. The number of carbonyl (C=O) groups excluding carboxylic acids is 1. The molecule has 0 spiro atoms. The summed E-state index contributed by atoms with van der Waals surface area (Å²) < 4.78 is 51.9. The van der Waals surface area contributed by atoms with Gasteiger partial charge in [0.1, 0.15) is 11.5 Å². The van der Waals surface area contributed by atoms with Gasteiger partial charge < -0.3 is 10.6 Å². The molecule has 2 aromatic rings. The Bertz CT molecular complexity index is 749. The van der Waals surface area contributed by atoms with E-state index in [0.29, 0.717) is 16.1 Å². The van der Waals surface area contributed by atoms with Gasteiger partial charge in [-0.25, -0.2) is 9.18 Å². The first kappa shape index (κ1) is 17.2. The minimum Gasteiger partial charge on any atom is -0.308 e. The van der Waals surface area contributed by atoms with Crippen molar-refractivity contribution in [2.24, 2.45) is 0 Å². The van der Waals surface area contributed by atoms with E-state index in [2.05, 4.69) is 31.5 Å². The molecule has 122 valence electrons. The maximum Gasteiger partial charge on any atom is 0.433 e. The molecule has 4 nitrogen and oxygen atoms in total. The second kappa shape index (κ2) is 6.53. The van der Waals surface area contributed by atoms with Crippen LogP contribution in [0, 0.1) is 12.7 Å². The van der Waals surface area contributed by atoms with E-state index >= 15 is 0 Å². The molecule has 9 heteroatoms. The van der Waals surface area contributed by atoms with Crippen molar-refractivity contribution in [2.75, 3.05) is 10.6 Å². The zero-order chi connectivity index (χ0) is 17.2. The van der Waals surface area contributed by atoms with Crippen molar-refractivity contribution in [3.8, 4) is 0 Å². The van der Waals surface area contributed by atoms with Crippen molar-refractivity contribution in [2.45, 2.75) is 13.1 Å². The number of pyridine rings is 1. The zero-order valence-electron chi connectivity index (χ0n) is 11.6. The number of amides is 2. The summed E-state index contributed by atoms with van der Waals surface area (Å²) in [4.78, 5) is 15.0. The molecule has 2 rings (SSSR count). The number of halogens is 5. The molecule has 0 aliphatic heterocycles. The Morgan fingerprint density at radius 2 is 1.91 bits per heavy atom. The van der Waals surface area contributed by atoms with Crippen LogP contribution in [0.15, 0.2) is 34.9 Å². The molecule has 1 aromatic carbocycles. The van der Waals surface area contributed by atoms with Gasteiger partial charge in [0, 0.05) is 16.4 Å². The van der Waals surface area contributed by atoms with Crippen LogP contribution in [0.4, 0.5) is 33.7 Å². The highest BCUT2D eigenvalue weighted by Gasteiger charge is 2.32. The number of urea groups is 1. The SMILES string of the molecule is Cc1cc(F)c(NC(=O)Nc2ccnc(C(F)(F)F)c2)cc1Br. The molecular weight excluding hydrogens is 382 g/mol. The van der Waals surface area contributed by atoms with Gasteiger partial charge in [-0.2, -0.15) is 13.2 Å². The number of nitrogens with zero attached hydrogens (tertiary/aromatic N) is 1. The molecule has 1 heterocycles. The highest BCUT2D eigenvalue weighted by Crippen LogP contribution is 2.29. The van der Waals surface area contributed by atoms with Gasteiger partial charge in [0.2, 0.25) is 0 Å². The van der Waals surface area contributed by atoms with Gasteiger partial charge in [0.25, 0.3) is 0 Å². The summed E-state index contributed by atoms with van der Waals surface area (Å²) in [6.45, 7) is 1.67. The molecule has 0 bridgehead atoms. The van der Waals surface area contributed by atoms with E-state index in [1.807, 2.05) is 0 Å². The normalized spacial score (nSPS) is 11.2. The zero-order valence-corrected chi connectivity index (χ0v) is 13.2. The van der Waals surface area contributed by atoms with E-state index in [-0.39, 0.29) is 11.4 Å². The van der Waals surface area contributed by atoms with Gasteiger partial charge in [0.05, 0.1) is 5.69 Å². The van der Waals surface area contributed by atoms with Crippen LogP contribution in [-0.4, -0.2) is 11.0 Å². The van der Waals surface area contributed by atoms with Crippen LogP contribution < -0.4 is 10.6 Å². The molecule has 2 amide bonds. The highest BCUT2D eigenvalue weighted by atomic mass is 79.9. The van der Waals surface area contributed by atoms with Gasteiger partial charge >= 0.3 is 12.2 Å². The molecule has 0 radical (unpaired) electrons. The Hall–Kier alpha value is -2.16. The minimum atomic E-state index is -4.62. The Morgan fingerprint density at radius 1 is 1.22 bits per heavy atom. The largest absolute Gasteiger partial charge is 0.433 e. The molecule has 0 unspecified atom stereocenters. The fraction of sp³-hybridized carbons (Fsp3) is 0.143. The molecule has 0 aliphatic carbocycles. The summed E-state index contributed by atoms with van der Waals surface area (Å²) >= 11 is 3.20. The van der Waals surface area contributed by atoms with Crippen LogP contribution in [-0.2, 0) is 6.18 Å². The Morgan fingerprint density at radius 3 is 2.57 bits per heavy atom. The third-order valence-corrected chi connectivity index (χ3v) is 3.66. The van der Waals surface area contributed by atoms with E-state index in [1.54, 1.807) is 6.92 Å². The third kappa shape index (κ3) is 4.41. The molecule has 0 saturated carbocycles. The number of rotatable bonds is 2. The molecule has 0 aliphatic rings. The molecule has 23 heavy (non-hydrogen) atoms. The molecule has 0 atom stereocenters. The van der Waals surface area contributed by atoms with E-state index in [1.165, 1.54) is 18.2 Å². The van der Waals surface area contributed by atoms with E-state index in [9.17, 15) is 22.4 Å². The summed E-state index contributed by atoms with van der Waals surface area (Å²) in [6.07, 6.45) is -3.70. The number of benzene rings is 1. The summed E-state index contributed by atoms with van der Waals surface area (Å²) in [5.41, 5.74) is -0.724. The van der Waals surface area contributed by atoms with E-state index < -0.39 is 23.7 Å². The number of hydrogen-bond donors (Lipinski definition) is 2. The summed E-state index contributed by atoms with van der Waals surface area (Å²) in [5.74, 6) is -0.661. The maximum absolute atomic E-state index is 13.7. The number of nitrogens with one attached hydrogen (secondary N) is 2. The van der Waals surface area contributed by atoms with Crippen LogP contribution in [0.2, 0.25) is 0 Å². The van der Waals surface area contributed by atoms with E-state index in [4.69, 9.17) is 0 Å². The van der Waals surface area contributed by atoms with Crippen LogP contribution in [0.25, 0.3) is 0 Å². The van der Waals surface area contributed by atoms with Crippen LogP contribution in [0.3, 0.4) is 0 Å². The highest BCUT2D eigenvalue weighted by molar-refractivity contribution is 9.10. The van der Waals surface area contributed by atoms with Crippen molar-refractivity contribution in [1.82, 2.24) is 4.98 Å². The number of alkyl halides is 3. The fourth-order valence-corrected chi connectivity index (χ4v) is 2.03. The Balaban J connectivity index is 2.13. The van der Waals surface area contributed by atoms with Crippen LogP contribution in [0.1, 0.15) is 11.3 Å². The molecular formula is C14H10BrF4N3O. The first-order valence-electron chi connectivity index (χ1n) is 6.23. The van der Waals surface area contributed by atoms with Crippen LogP contribution >= 0.6 is 15.9 Å². The number of carbonyl (C=O) groups is 1. The van der Waals surface area contributed by atoms with Gasteiger partial charge in [0.15, 0.2) is 0 Å². The fourth-order valence-electron chi connectivity index (χ4n) is 1.69. The van der Waals surface area contributed by atoms with Gasteiger partial charge in [-0.05, 0) is 36.8 Å². The van der Waals surface area contributed by atoms with Gasteiger partial charge in [-0.1, -0.05) is 15.9 Å². The monoisotopic (exact) mass is 391 g/mol. The summed E-state index contributed by atoms with van der Waals surface area (Å²) in [5, 5.41) is 4.42. The number of aryl methyl sites for hydroxylation is 1. The second-order valence-electron chi connectivity index (χ2n) is 4.59. The predicted molar refractivity (Wildman–Crippen MR) is 80.7 cm³/mol. The van der Waals surface area contributed by atoms with E-state index in [0.717, 1.165) is 6.20 Å². The molecule has 0 saturated heterocycles. The smallest absolute Gasteiger partial charge is 0.308 e. The Kier molecular flexibility index (Phi) is 4.88. The van der Waals surface area contributed by atoms with Crippen LogP contribution in [0.5, 0.6) is 0 Å². The topological polar surface area (TPSA) is 54.0 Å². The minimum absolute atomic E-state index is 0.106. The number of hydrogen-bond acceptors (Lipinski definition) is 2. The van der Waals surface area contributed by atoms with Crippen molar-refractivity contribution in [3.63, 3.8) is 0 Å². The first-order valence-corrected chi connectivity index (χ1v) is 7.03. The van der Waals surface area contributed by atoms with Gasteiger partial charge in [-0.3, -0.25) is 4.98 Å². The second-order valence-corrected chi connectivity index (χ2v) is 5.44. The van der Waals surface area contributed by atoms with Crippen molar-refractivity contribution in [1.29, 1.82) is 0 Å². The lowest BCUT2D eigenvalue weighted by Crippen LogP contribution is -2.20. The van der Waals surface area contributed by atoms with Crippen molar-refractivity contribution in [3.05, 3.63) is 52.0 Å². The van der Waals surface area contributed by atoms with Crippen molar-refractivity contribution >= 4 is 33.3 Å². The lowest BCUT2D eigenvalue weighted by Gasteiger charge is -2.11. The number of anilines is 2. The molecule has 1 aromatic heterocycles. The quantitative estimate of drug-likeness (QED) is 0.711. The molecule has 2 N–H and O–H groups in total. The van der Waals surface area contributed by atoms with Crippen molar-refractivity contribution < 1.29 is 22.4 Å². The predicted octanol–water partition coefficient (Wildman–Crippen LogP) is 4.95. The summed E-state index contributed by atoms with van der Waals surface area (Å²) in [6, 6.07) is 3.57. The number of aromatic nitrogens is 1. The first-order chi connectivity index (χ1) is 10.7. The Labute approximate surface area is 137 Å². The lowest BCUT2D eigenvalue weighted by atomic mass is 10.2. The van der Waals surface area contributed by atoms with Gasteiger partial charge in [-0.15, -0.1) is 0 Å².